The van der Waals surface area contributed by atoms with Crippen molar-refractivity contribution in [1.29, 1.82) is 0 Å². The Hall–Kier alpha value is -2.65. The Labute approximate surface area is 170 Å². The van der Waals surface area contributed by atoms with E-state index < -0.39 is 21.0 Å². The summed E-state index contributed by atoms with van der Waals surface area (Å²) in [6.07, 6.45) is 1.75. The van der Waals surface area contributed by atoms with Crippen LogP contribution in [0.25, 0.3) is 0 Å². The van der Waals surface area contributed by atoms with E-state index in [1.807, 2.05) is 6.92 Å². The molecule has 0 unspecified atom stereocenters. The first-order valence-corrected chi connectivity index (χ1v) is 11.0. The third-order valence-electron chi connectivity index (χ3n) is 5.20. The van der Waals surface area contributed by atoms with E-state index >= 15 is 0 Å². The van der Waals surface area contributed by atoms with Crippen LogP contribution < -0.4 is 5.32 Å². The third kappa shape index (κ3) is 4.51. The van der Waals surface area contributed by atoms with Gasteiger partial charge < -0.3 is 10.4 Å². The van der Waals surface area contributed by atoms with Gasteiger partial charge in [0.15, 0.2) is 0 Å². The lowest BCUT2D eigenvalue weighted by Crippen LogP contribution is -2.39. The molecule has 1 fully saturated rings. The summed E-state index contributed by atoms with van der Waals surface area (Å²) in [4.78, 5) is 10.9. The fourth-order valence-corrected chi connectivity index (χ4v) is 5.24. The number of nitrogens with one attached hydrogen (secondary N) is 1. The molecule has 1 heterocycles. The Kier molecular flexibility index (Phi) is 6.09. The second-order valence-corrected chi connectivity index (χ2v) is 9.41. The van der Waals surface area contributed by atoms with Crippen molar-refractivity contribution in [3.05, 3.63) is 58.1 Å². The van der Waals surface area contributed by atoms with Crippen molar-refractivity contribution in [1.82, 2.24) is 4.31 Å². The summed E-state index contributed by atoms with van der Waals surface area (Å²) >= 11 is 0. The van der Waals surface area contributed by atoms with Crippen LogP contribution in [0.2, 0.25) is 0 Å². The first-order valence-electron chi connectivity index (χ1n) is 9.53. The van der Waals surface area contributed by atoms with Crippen LogP contribution in [0.5, 0.6) is 5.75 Å². The number of para-hydroxylation sites is 1. The summed E-state index contributed by atoms with van der Waals surface area (Å²) in [7, 11) is -3.79. The number of sulfonamides is 1. The number of phenolic OH excluding ortho intramolecular Hbond substituents is 1. The lowest BCUT2D eigenvalue weighted by Gasteiger charge is -2.30. The summed E-state index contributed by atoms with van der Waals surface area (Å²) in [5, 5.41) is 24.6. The molecule has 156 valence electrons. The fraction of sp³-hybridized carbons (Fsp3) is 0.400. The molecular formula is C20H25N3O5S. The van der Waals surface area contributed by atoms with Gasteiger partial charge in [-0.15, -0.1) is 0 Å². The molecule has 1 aliphatic heterocycles. The first kappa shape index (κ1) is 21.1. The zero-order valence-electron chi connectivity index (χ0n) is 16.4. The predicted octanol–water partition coefficient (Wildman–Crippen LogP) is 3.89. The molecule has 0 bridgehead atoms. The molecule has 0 saturated carbocycles. The van der Waals surface area contributed by atoms with E-state index in [0.717, 1.165) is 18.9 Å². The van der Waals surface area contributed by atoms with Crippen LogP contribution in [0.4, 0.5) is 11.4 Å². The zero-order chi connectivity index (χ0) is 21.2. The maximum absolute atomic E-state index is 13.0. The highest BCUT2D eigenvalue weighted by Crippen LogP contribution is 2.34. The molecule has 0 spiro atoms. The molecule has 29 heavy (non-hydrogen) atoms. The second kappa shape index (κ2) is 8.38. The highest BCUT2D eigenvalue weighted by molar-refractivity contribution is 7.89. The molecular weight excluding hydrogens is 394 g/mol. The van der Waals surface area contributed by atoms with Gasteiger partial charge >= 0.3 is 0 Å². The lowest BCUT2D eigenvalue weighted by molar-refractivity contribution is -0.384. The van der Waals surface area contributed by atoms with Gasteiger partial charge in [0.1, 0.15) is 11.4 Å². The number of nitro groups is 1. The Morgan fingerprint density at radius 3 is 2.66 bits per heavy atom. The molecule has 0 aliphatic carbocycles. The molecule has 1 aliphatic rings. The molecule has 2 atom stereocenters. The summed E-state index contributed by atoms with van der Waals surface area (Å²) in [6.45, 7) is 4.60. The number of nitro benzene ring substituents is 1. The van der Waals surface area contributed by atoms with Crippen molar-refractivity contribution < 1.29 is 18.4 Å². The van der Waals surface area contributed by atoms with Crippen LogP contribution in [-0.4, -0.2) is 35.8 Å². The lowest BCUT2D eigenvalue weighted by atomic mass is 10.0. The zero-order valence-corrected chi connectivity index (χ0v) is 17.2. The summed E-state index contributed by atoms with van der Waals surface area (Å²) in [6, 6.07) is 10.2. The van der Waals surface area contributed by atoms with Crippen molar-refractivity contribution >= 4 is 21.4 Å². The highest BCUT2D eigenvalue weighted by Gasteiger charge is 2.30. The Balaban J connectivity index is 1.91. The monoisotopic (exact) mass is 419 g/mol. The van der Waals surface area contributed by atoms with Gasteiger partial charge in [-0.3, -0.25) is 10.1 Å². The summed E-state index contributed by atoms with van der Waals surface area (Å²) in [5.41, 5.74) is 0.455. The van der Waals surface area contributed by atoms with Crippen molar-refractivity contribution in [2.45, 2.75) is 37.6 Å². The molecule has 2 N–H and O–H groups in total. The largest absolute Gasteiger partial charge is 0.508 e. The molecule has 1 saturated heterocycles. The predicted molar refractivity (Wildman–Crippen MR) is 110 cm³/mol. The molecule has 0 aromatic heterocycles. The van der Waals surface area contributed by atoms with Crippen LogP contribution in [0, 0.1) is 16.0 Å². The molecule has 3 rings (SSSR count). The fourth-order valence-electron chi connectivity index (χ4n) is 3.62. The number of hydrogen-bond donors (Lipinski definition) is 2. The number of nitrogens with zero attached hydrogens (tertiary/aromatic N) is 2. The third-order valence-corrected chi connectivity index (χ3v) is 7.06. The number of piperidine rings is 1. The van der Waals surface area contributed by atoms with Gasteiger partial charge in [-0.1, -0.05) is 25.1 Å². The Bertz CT molecular complexity index is 1010. The smallest absolute Gasteiger partial charge is 0.293 e. The van der Waals surface area contributed by atoms with E-state index in [0.29, 0.717) is 18.7 Å². The average molecular weight is 420 g/mol. The number of phenols is 1. The number of hydrogen-bond acceptors (Lipinski definition) is 6. The maximum atomic E-state index is 13.0. The van der Waals surface area contributed by atoms with E-state index in [9.17, 15) is 23.6 Å². The van der Waals surface area contributed by atoms with Crippen LogP contribution in [0.1, 0.15) is 38.3 Å². The van der Waals surface area contributed by atoms with Crippen molar-refractivity contribution in [3.63, 3.8) is 0 Å². The topological polar surface area (TPSA) is 113 Å². The van der Waals surface area contributed by atoms with E-state index in [1.54, 1.807) is 25.1 Å². The highest BCUT2D eigenvalue weighted by atomic mass is 32.2. The van der Waals surface area contributed by atoms with Crippen molar-refractivity contribution in [2.75, 3.05) is 18.4 Å². The number of rotatable bonds is 6. The normalized spacial score (nSPS) is 18.9. The summed E-state index contributed by atoms with van der Waals surface area (Å²) in [5.74, 6) is 0.336. The van der Waals surface area contributed by atoms with Gasteiger partial charge in [-0.2, -0.15) is 4.31 Å². The molecule has 8 nitrogen and oxygen atoms in total. The van der Waals surface area contributed by atoms with Crippen molar-refractivity contribution in [2.24, 2.45) is 5.92 Å². The Morgan fingerprint density at radius 1 is 1.28 bits per heavy atom. The summed E-state index contributed by atoms with van der Waals surface area (Å²) < 4.78 is 27.3. The van der Waals surface area contributed by atoms with Crippen LogP contribution >= 0.6 is 0 Å². The first-order chi connectivity index (χ1) is 13.7. The van der Waals surface area contributed by atoms with E-state index in [4.69, 9.17) is 0 Å². The minimum atomic E-state index is -3.79. The molecule has 2 aromatic carbocycles. The van der Waals surface area contributed by atoms with Gasteiger partial charge in [0.2, 0.25) is 10.0 Å². The minimum absolute atomic E-state index is 0.0774. The van der Waals surface area contributed by atoms with Crippen LogP contribution in [0.15, 0.2) is 47.4 Å². The van der Waals surface area contributed by atoms with Gasteiger partial charge in [-0.05, 0) is 43.9 Å². The second-order valence-electron chi connectivity index (χ2n) is 7.47. The molecule has 2 aromatic rings. The maximum Gasteiger partial charge on any atom is 0.293 e. The molecule has 0 amide bonds. The number of anilines is 1. The van der Waals surface area contributed by atoms with Gasteiger partial charge in [-0.25, -0.2) is 8.42 Å². The minimum Gasteiger partial charge on any atom is -0.508 e. The standard InChI is InChI=1S/C20H25N3O5S/c1-14-6-5-11-22(13-14)29(27,28)16-9-10-18(19(12-16)23(25)26)21-15(2)17-7-3-4-8-20(17)24/h3-4,7-10,12,14-15,21,24H,5-6,11,13H2,1-2H3/t14-,15-/m1/s1. The quantitative estimate of drug-likeness (QED) is 0.542. The SMILES string of the molecule is C[C@@H]1CCCN(S(=O)(=O)c2ccc(N[C@H](C)c3ccccc3O)c([N+](=O)[O-])c2)C1. The van der Waals surface area contributed by atoms with E-state index in [2.05, 4.69) is 5.32 Å². The molecule has 9 heteroatoms. The van der Waals surface area contributed by atoms with Crippen LogP contribution in [-0.2, 0) is 10.0 Å². The van der Waals surface area contributed by atoms with E-state index in [-0.39, 0.29) is 27.9 Å². The van der Waals surface area contributed by atoms with Crippen molar-refractivity contribution in [3.8, 4) is 5.75 Å². The number of benzene rings is 2. The molecule has 0 radical (unpaired) electrons. The number of aromatic hydroxyl groups is 1. The average Bonchev–Trinajstić information content (AvgIpc) is 2.68. The van der Waals surface area contributed by atoms with Gasteiger partial charge in [0, 0.05) is 24.7 Å². The van der Waals surface area contributed by atoms with Gasteiger partial charge in [0.25, 0.3) is 5.69 Å². The van der Waals surface area contributed by atoms with E-state index in [1.165, 1.54) is 22.5 Å². The van der Waals surface area contributed by atoms with Crippen LogP contribution in [0.3, 0.4) is 0 Å². The Morgan fingerprint density at radius 2 is 2.00 bits per heavy atom. The van der Waals surface area contributed by atoms with Gasteiger partial charge in [0.05, 0.1) is 15.9 Å².